The van der Waals surface area contributed by atoms with Gasteiger partial charge in [-0.1, -0.05) is 35.3 Å². The van der Waals surface area contributed by atoms with Gasteiger partial charge in [0.05, 0.1) is 28.8 Å². The smallest absolute Gasteiger partial charge is 0.374 e. The highest BCUT2D eigenvalue weighted by Gasteiger charge is 2.16. The van der Waals surface area contributed by atoms with Gasteiger partial charge in [-0.15, -0.1) is 0 Å². The number of rotatable bonds is 5. The average molecular weight is 429 g/mol. The maximum absolute atomic E-state index is 12.4. The number of ether oxygens (including phenoxy) is 1. The summed E-state index contributed by atoms with van der Waals surface area (Å²) in [6.45, 7) is 0.169. The van der Waals surface area contributed by atoms with Crippen molar-refractivity contribution >= 4 is 40.1 Å². The van der Waals surface area contributed by atoms with Crippen LogP contribution in [0.4, 0.5) is 0 Å². The number of para-hydroxylation sites is 1. The molecule has 2 heterocycles. The summed E-state index contributed by atoms with van der Waals surface area (Å²) < 4.78 is 12.2. The Balaban J connectivity index is 1.43. The number of nitrogens with zero attached hydrogens (tertiary/aromatic N) is 2. The lowest BCUT2D eigenvalue weighted by atomic mass is 10.2. The summed E-state index contributed by atoms with van der Waals surface area (Å²) in [4.78, 5) is 28.9. The van der Waals surface area contributed by atoms with Crippen LogP contribution in [0.3, 0.4) is 0 Å². The topological polar surface area (TPSA) is 74.3 Å². The van der Waals surface area contributed by atoms with Gasteiger partial charge in [-0.25, -0.2) is 9.78 Å². The Labute approximate surface area is 175 Å². The molecule has 29 heavy (non-hydrogen) atoms. The zero-order valence-corrected chi connectivity index (χ0v) is 16.5. The summed E-state index contributed by atoms with van der Waals surface area (Å²) in [5.74, 6) is -0.212. The number of aromatic nitrogens is 2. The lowest BCUT2D eigenvalue weighted by molar-refractivity contribution is 0.0455. The van der Waals surface area contributed by atoms with E-state index in [1.54, 1.807) is 42.5 Å². The van der Waals surface area contributed by atoms with Crippen LogP contribution in [-0.4, -0.2) is 22.1 Å². The molecule has 2 aromatic heterocycles. The van der Waals surface area contributed by atoms with Crippen molar-refractivity contribution in [2.24, 2.45) is 0 Å². The molecule has 0 aliphatic heterocycles. The van der Waals surface area contributed by atoms with Crippen LogP contribution < -0.4 is 5.56 Å². The molecule has 0 bridgehead atoms. The maximum atomic E-state index is 12.4. The molecule has 0 fully saturated rings. The van der Waals surface area contributed by atoms with E-state index in [1.165, 1.54) is 17.0 Å². The lowest BCUT2D eigenvalue weighted by Gasteiger charge is -2.07. The van der Waals surface area contributed by atoms with Crippen LogP contribution in [-0.2, 0) is 11.3 Å². The van der Waals surface area contributed by atoms with Crippen molar-refractivity contribution in [3.8, 4) is 11.3 Å². The van der Waals surface area contributed by atoms with Crippen molar-refractivity contribution in [3.63, 3.8) is 0 Å². The Hall–Kier alpha value is -3.09. The summed E-state index contributed by atoms with van der Waals surface area (Å²) in [5, 5.41) is 1.46. The van der Waals surface area contributed by atoms with Crippen molar-refractivity contribution in [2.75, 3.05) is 6.61 Å². The second-order valence-electron chi connectivity index (χ2n) is 6.18. The van der Waals surface area contributed by atoms with Gasteiger partial charge in [-0.3, -0.25) is 9.36 Å². The number of hydrogen-bond donors (Lipinski definition) is 0. The van der Waals surface area contributed by atoms with E-state index in [0.717, 1.165) is 0 Å². The molecular weight excluding hydrogens is 415 g/mol. The van der Waals surface area contributed by atoms with Crippen LogP contribution in [0.5, 0.6) is 0 Å². The molecule has 2 aromatic carbocycles. The Morgan fingerprint density at radius 3 is 2.79 bits per heavy atom. The van der Waals surface area contributed by atoms with Gasteiger partial charge in [0.15, 0.2) is 0 Å². The molecule has 0 spiro atoms. The second kappa shape index (κ2) is 8.11. The number of carbonyl (C=O) groups is 1. The van der Waals surface area contributed by atoms with Gasteiger partial charge in [0.2, 0.25) is 5.76 Å². The molecule has 0 aliphatic rings. The number of hydrogen-bond acceptors (Lipinski definition) is 5. The molecule has 0 atom stereocenters. The van der Waals surface area contributed by atoms with E-state index in [9.17, 15) is 9.59 Å². The van der Waals surface area contributed by atoms with E-state index in [4.69, 9.17) is 32.4 Å². The highest BCUT2D eigenvalue weighted by molar-refractivity contribution is 6.35. The zero-order valence-electron chi connectivity index (χ0n) is 15.0. The van der Waals surface area contributed by atoms with Gasteiger partial charge >= 0.3 is 5.97 Å². The standard InChI is InChI=1S/C21H14Cl2N2O4/c22-13-5-6-16(23)15(11-13)18-7-8-19(29-18)21(27)28-10-9-25-12-24-17-4-2-1-3-14(17)20(25)26/h1-8,11-12H,9-10H2. The molecule has 0 aliphatic carbocycles. The van der Waals surface area contributed by atoms with Crippen LogP contribution in [0.15, 0.2) is 70.1 Å². The van der Waals surface area contributed by atoms with E-state index in [0.29, 0.717) is 32.3 Å². The molecule has 0 unspecified atom stereocenters. The summed E-state index contributed by atoms with van der Waals surface area (Å²) in [6, 6.07) is 15.1. The van der Waals surface area contributed by atoms with Crippen LogP contribution in [0, 0.1) is 0 Å². The van der Waals surface area contributed by atoms with E-state index < -0.39 is 5.97 Å². The summed E-state index contributed by atoms with van der Waals surface area (Å²) >= 11 is 12.1. The van der Waals surface area contributed by atoms with Gasteiger partial charge in [-0.05, 0) is 42.5 Å². The van der Waals surface area contributed by atoms with Gasteiger partial charge in [0.1, 0.15) is 12.4 Å². The first-order valence-corrected chi connectivity index (χ1v) is 9.45. The van der Waals surface area contributed by atoms with Crippen LogP contribution in [0.2, 0.25) is 10.0 Å². The number of carbonyl (C=O) groups excluding carboxylic acids is 1. The summed E-state index contributed by atoms with van der Waals surface area (Å²) in [5.41, 5.74) is 1.00. The van der Waals surface area contributed by atoms with Gasteiger partial charge < -0.3 is 9.15 Å². The van der Waals surface area contributed by atoms with Crippen LogP contribution >= 0.6 is 23.2 Å². The normalized spacial score (nSPS) is 11.0. The first kappa shape index (κ1) is 19.2. The number of fused-ring (bicyclic) bond motifs is 1. The Morgan fingerprint density at radius 1 is 1.10 bits per heavy atom. The Kier molecular flexibility index (Phi) is 5.38. The van der Waals surface area contributed by atoms with Gasteiger partial charge in [-0.2, -0.15) is 0 Å². The minimum absolute atomic E-state index is 0.00723. The number of furan rings is 1. The molecular formula is C21H14Cl2N2O4. The molecule has 8 heteroatoms. The molecule has 0 radical (unpaired) electrons. The monoisotopic (exact) mass is 428 g/mol. The number of benzene rings is 2. The fourth-order valence-electron chi connectivity index (χ4n) is 2.85. The third kappa shape index (κ3) is 4.04. The van der Waals surface area contributed by atoms with E-state index >= 15 is 0 Å². The summed E-state index contributed by atoms with van der Waals surface area (Å²) in [7, 11) is 0. The minimum atomic E-state index is -0.642. The molecule has 4 rings (SSSR count). The van der Waals surface area contributed by atoms with Gasteiger partial charge in [0.25, 0.3) is 5.56 Å². The van der Waals surface area contributed by atoms with E-state index in [-0.39, 0.29) is 24.5 Å². The van der Waals surface area contributed by atoms with Crippen molar-refractivity contribution in [2.45, 2.75) is 6.54 Å². The largest absolute Gasteiger partial charge is 0.458 e. The summed E-state index contributed by atoms with van der Waals surface area (Å²) in [6.07, 6.45) is 1.44. The third-order valence-electron chi connectivity index (χ3n) is 4.30. The predicted octanol–water partition coefficient (Wildman–Crippen LogP) is 4.82. The highest BCUT2D eigenvalue weighted by Crippen LogP contribution is 2.31. The van der Waals surface area contributed by atoms with Gasteiger partial charge in [0, 0.05) is 10.6 Å². The minimum Gasteiger partial charge on any atom is -0.458 e. The van der Waals surface area contributed by atoms with Crippen molar-refractivity contribution in [3.05, 3.63) is 87.1 Å². The van der Waals surface area contributed by atoms with Crippen molar-refractivity contribution < 1.29 is 13.9 Å². The predicted molar refractivity (Wildman–Crippen MR) is 110 cm³/mol. The Bertz CT molecular complexity index is 1260. The number of esters is 1. The molecule has 146 valence electrons. The molecule has 0 saturated carbocycles. The SMILES string of the molecule is O=C(OCCn1cnc2ccccc2c1=O)c1ccc(-c2cc(Cl)ccc2Cl)o1. The molecule has 0 N–H and O–H groups in total. The zero-order chi connectivity index (χ0) is 20.4. The molecule has 0 amide bonds. The molecule has 4 aromatic rings. The van der Waals surface area contributed by atoms with Crippen molar-refractivity contribution in [1.29, 1.82) is 0 Å². The van der Waals surface area contributed by atoms with Crippen LogP contribution in [0.25, 0.3) is 22.2 Å². The highest BCUT2D eigenvalue weighted by atomic mass is 35.5. The second-order valence-corrected chi connectivity index (χ2v) is 7.03. The molecule has 6 nitrogen and oxygen atoms in total. The van der Waals surface area contributed by atoms with Crippen LogP contribution in [0.1, 0.15) is 10.6 Å². The third-order valence-corrected chi connectivity index (χ3v) is 4.86. The first-order valence-electron chi connectivity index (χ1n) is 8.69. The number of halogens is 2. The lowest BCUT2D eigenvalue weighted by Crippen LogP contribution is -2.23. The molecule has 0 saturated heterocycles. The fourth-order valence-corrected chi connectivity index (χ4v) is 3.23. The maximum Gasteiger partial charge on any atom is 0.374 e. The van der Waals surface area contributed by atoms with Crippen molar-refractivity contribution in [1.82, 2.24) is 9.55 Å². The average Bonchev–Trinajstić information content (AvgIpc) is 3.22. The first-order chi connectivity index (χ1) is 14.0. The van der Waals surface area contributed by atoms with E-state index in [1.807, 2.05) is 6.07 Å². The fraction of sp³-hybridized carbons (Fsp3) is 0.0952. The Morgan fingerprint density at radius 2 is 1.93 bits per heavy atom. The van der Waals surface area contributed by atoms with E-state index in [2.05, 4.69) is 4.98 Å². The quantitative estimate of drug-likeness (QED) is 0.426.